The van der Waals surface area contributed by atoms with Gasteiger partial charge in [0.05, 0.1) is 22.3 Å². The molecule has 0 unspecified atom stereocenters. The number of hydrogen-bond donors (Lipinski definition) is 1. The van der Waals surface area contributed by atoms with Crippen LogP contribution in [0.4, 0.5) is 5.13 Å². The summed E-state index contributed by atoms with van der Waals surface area (Å²) in [5.41, 5.74) is 5.21. The van der Waals surface area contributed by atoms with Gasteiger partial charge in [0.15, 0.2) is 5.13 Å². The molecule has 130 valence electrons. The fourth-order valence-electron chi connectivity index (χ4n) is 2.66. The van der Waals surface area contributed by atoms with Crippen molar-refractivity contribution in [2.24, 2.45) is 0 Å². The van der Waals surface area contributed by atoms with Crippen LogP contribution < -0.4 is 5.32 Å². The summed E-state index contributed by atoms with van der Waals surface area (Å²) in [6.07, 6.45) is 0.247. The molecular formula is C20H17N3OS2. The first kappa shape index (κ1) is 16.9. The summed E-state index contributed by atoms with van der Waals surface area (Å²) in [6, 6.07) is 14.2. The number of fused-ring (bicyclic) bond motifs is 1. The van der Waals surface area contributed by atoms with Crippen LogP contribution >= 0.6 is 22.7 Å². The number of nitrogens with one attached hydrogen (secondary N) is 1. The lowest BCUT2D eigenvalue weighted by atomic mass is 10.1. The fraction of sp³-hybridized carbons (Fsp3) is 0.150. The Hall–Kier alpha value is -2.57. The smallest absolute Gasteiger partial charge is 0.232 e. The monoisotopic (exact) mass is 379 g/mol. The van der Waals surface area contributed by atoms with Crippen LogP contribution in [0.15, 0.2) is 47.8 Å². The molecule has 0 spiro atoms. The molecule has 6 heteroatoms. The second-order valence-corrected chi connectivity index (χ2v) is 8.05. The molecule has 0 atom stereocenters. The van der Waals surface area contributed by atoms with E-state index in [9.17, 15) is 4.79 Å². The number of amides is 1. The Morgan fingerprint density at radius 2 is 1.85 bits per heavy atom. The molecule has 0 saturated carbocycles. The minimum absolute atomic E-state index is 0.0950. The summed E-state index contributed by atoms with van der Waals surface area (Å²) in [6.45, 7) is 4.15. The van der Waals surface area contributed by atoms with Crippen LogP contribution in [0, 0.1) is 13.8 Å². The van der Waals surface area contributed by atoms with Crippen molar-refractivity contribution in [1.29, 1.82) is 0 Å². The van der Waals surface area contributed by atoms with Crippen LogP contribution in [0.2, 0.25) is 0 Å². The van der Waals surface area contributed by atoms with Crippen molar-refractivity contribution < 1.29 is 4.79 Å². The molecule has 2 heterocycles. The maximum absolute atomic E-state index is 12.4. The Kier molecular flexibility index (Phi) is 4.53. The molecule has 0 aliphatic carbocycles. The number of anilines is 1. The van der Waals surface area contributed by atoms with E-state index in [2.05, 4.69) is 41.3 Å². The van der Waals surface area contributed by atoms with Crippen LogP contribution in [0.25, 0.3) is 20.8 Å². The largest absolute Gasteiger partial charge is 0.302 e. The maximum atomic E-state index is 12.4. The van der Waals surface area contributed by atoms with E-state index in [1.54, 1.807) is 11.3 Å². The molecule has 4 nitrogen and oxygen atoms in total. The Morgan fingerprint density at radius 3 is 2.65 bits per heavy atom. The number of carbonyl (C=O) groups is 1. The third-order valence-corrected chi connectivity index (χ3v) is 6.04. The fourth-order valence-corrected chi connectivity index (χ4v) is 4.45. The predicted molar refractivity (Wildman–Crippen MR) is 109 cm³/mol. The number of benzene rings is 2. The van der Waals surface area contributed by atoms with E-state index in [4.69, 9.17) is 0 Å². The van der Waals surface area contributed by atoms with Gasteiger partial charge in [0.2, 0.25) is 5.91 Å². The summed E-state index contributed by atoms with van der Waals surface area (Å²) in [4.78, 5) is 21.4. The number of aryl methyl sites for hydroxylation is 2. The highest BCUT2D eigenvalue weighted by atomic mass is 32.1. The zero-order chi connectivity index (χ0) is 18.1. The number of nitrogens with zero attached hydrogens (tertiary/aromatic N) is 2. The van der Waals surface area contributed by atoms with Crippen LogP contribution in [-0.4, -0.2) is 15.9 Å². The second-order valence-electron chi connectivity index (χ2n) is 6.16. The third kappa shape index (κ3) is 3.52. The average molecular weight is 380 g/mol. The number of hydrogen-bond acceptors (Lipinski definition) is 5. The van der Waals surface area contributed by atoms with Crippen molar-refractivity contribution >= 4 is 43.9 Å². The lowest BCUT2D eigenvalue weighted by Crippen LogP contribution is -2.14. The van der Waals surface area contributed by atoms with Crippen LogP contribution in [-0.2, 0) is 11.2 Å². The summed E-state index contributed by atoms with van der Waals surface area (Å²) < 4.78 is 1.09. The van der Waals surface area contributed by atoms with Gasteiger partial charge < -0.3 is 5.32 Å². The van der Waals surface area contributed by atoms with Gasteiger partial charge in [-0.3, -0.25) is 4.79 Å². The van der Waals surface area contributed by atoms with Crippen molar-refractivity contribution in [2.75, 3.05) is 5.32 Å². The van der Waals surface area contributed by atoms with E-state index < -0.39 is 0 Å². The molecule has 0 aliphatic rings. The SMILES string of the molecule is Cc1cc2nc(NC(=O)Cc3csc(-c4ccccc4)n3)sc2cc1C. The molecular weight excluding hydrogens is 362 g/mol. The molecule has 0 fully saturated rings. The first-order valence-corrected chi connectivity index (χ1v) is 9.95. The summed E-state index contributed by atoms with van der Waals surface area (Å²) in [7, 11) is 0. The standard InChI is InChI=1S/C20H17N3OS2/c1-12-8-16-17(9-13(12)2)26-20(22-16)23-18(24)10-15-11-25-19(21-15)14-6-4-3-5-7-14/h3-9,11H,10H2,1-2H3,(H,22,23,24). The van der Waals surface area contributed by atoms with Crippen LogP contribution in [0.1, 0.15) is 16.8 Å². The molecule has 0 radical (unpaired) electrons. The zero-order valence-corrected chi connectivity index (χ0v) is 16.1. The van der Waals surface area contributed by atoms with Crippen molar-refractivity contribution in [3.8, 4) is 10.6 Å². The zero-order valence-electron chi connectivity index (χ0n) is 14.4. The van der Waals surface area contributed by atoms with Gasteiger partial charge in [-0.25, -0.2) is 9.97 Å². The Morgan fingerprint density at radius 1 is 1.08 bits per heavy atom. The highest BCUT2D eigenvalue weighted by Gasteiger charge is 2.12. The van der Waals surface area contributed by atoms with Gasteiger partial charge in [-0.15, -0.1) is 11.3 Å². The van der Waals surface area contributed by atoms with Gasteiger partial charge >= 0.3 is 0 Å². The van der Waals surface area contributed by atoms with Gasteiger partial charge in [0, 0.05) is 10.9 Å². The van der Waals surface area contributed by atoms with Gasteiger partial charge in [-0.05, 0) is 37.1 Å². The second kappa shape index (κ2) is 6.97. The van der Waals surface area contributed by atoms with Crippen LogP contribution in [0.5, 0.6) is 0 Å². The summed E-state index contributed by atoms with van der Waals surface area (Å²) >= 11 is 3.05. The van der Waals surface area contributed by atoms with Gasteiger partial charge in [-0.1, -0.05) is 41.7 Å². The van der Waals surface area contributed by atoms with Crippen molar-refractivity contribution in [2.45, 2.75) is 20.3 Å². The number of aromatic nitrogens is 2. The first-order chi connectivity index (χ1) is 12.6. The minimum atomic E-state index is -0.0950. The molecule has 0 bridgehead atoms. The highest BCUT2D eigenvalue weighted by molar-refractivity contribution is 7.22. The van der Waals surface area contributed by atoms with Crippen molar-refractivity contribution in [1.82, 2.24) is 9.97 Å². The van der Waals surface area contributed by atoms with E-state index in [0.717, 1.165) is 26.5 Å². The number of thiazole rings is 2. The maximum Gasteiger partial charge on any atom is 0.232 e. The molecule has 4 aromatic rings. The van der Waals surface area contributed by atoms with E-state index in [0.29, 0.717) is 5.13 Å². The third-order valence-electron chi connectivity index (χ3n) is 4.16. The van der Waals surface area contributed by atoms with Gasteiger partial charge in [-0.2, -0.15) is 0 Å². The predicted octanol–water partition coefficient (Wildman–Crippen LogP) is 5.22. The van der Waals surface area contributed by atoms with Crippen molar-refractivity contribution in [3.63, 3.8) is 0 Å². The van der Waals surface area contributed by atoms with Gasteiger partial charge in [0.1, 0.15) is 5.01 Å². The molecule has 1 amide bonds. The molecule has 0 aliphatic heterocycles. The quantitative estimate of drug-likeness (QED) is 0.529. The number of rotatable bonds is 4. The Bertz CT molecular complexity index is 1040. The van der Waals surface area contributed by atoms with Crippen LogP contribution in [0.3, 0.4) is 0 Å². The van der Waals surface area contributed by atoms with E-state index in [-0.39, 0.29) is 12.3 Å². The Labute approximate surface area is 159 Å². The molecule has 2 aromatic carbocycles. The molecule has 1 N–H and O–H groups in total. The Balaban J connectivity index is 1.47. The average Bonchev–Trinajstić information content (AvgIpc) is 3.22. The molecule has 4 rings (SSSR count). The van der Waals surface area contributed by atoms with Crippen molar-refractivity contribution in [3.05, 3.63) is 64.7 Å². The lowest BCUT2D eigenvalue weighted by molar-refractivity contribution is -0.115. The molecule has 26 heavy (non-hydrogen) atoms. The topological polar surface area (TPSA) is 54.9 Å². The summed E-state index contributed by atoms with van der Waals surface area (Å²) in [5.74, 6) is -0.0950. The minimum Gasteiger partial charge on any atom is -0.302 e. The summed E-state index contributed by atoms with van der Waals surface area (Å²) in [5, 5.41) is 6.40. The molecule has 0 saturated heterocycles. The van der Waals surface area contributed by atoms with E-state index in [1.165, 1.54) is 22.5 Å². The first-order valence-electron chi connectivity index (χ1n) is 8.26. The van der Waals surface area contributed by atoms with E-state index in [1.807, 2.05) is 35.7 Å². The highest BCUT2D eigenvalue weighted by Crippen LogP contribution is 2.28. The number of carbonyl (C=O) groups excluding carboxylic acids is 1. The normalized spacial score (nSPS) is 11.0. The van der Waals surface area contributed by atoms with E-state index >= 15 is 0 Å². The van der Waals surface area contributed by atoms with Gasteiger partial charge in [0.25, 0.3) is 0 Å². The molecule has 2 aromatic heterocycles. The lowest BCUT2D eigenvalue weighted by Gasteiger charge is -1.99.